The van der Waals surface area contributed by atoms with Crippen LogP contribution in [0.2, 0.25) is 0 Å². The number of allylic oxidation sites excluding steroid dienone is 5. The summed E-state index contributed by atoms with van der Waals surface area (Å²) in [7, 11) is 0. The van der Waals surface area contributed by atoms with Crippen LogP contribution in [0.5, 0.6) is 0 Å². The Morgan fingerprint density at radius 2 is 0.786 bits per heavy atom. The van der Waals surface area contributed by atoms with Crippen LogP contribution in [0, 0.1) is 6.58 Å². The van der Waals surface area contributed by atoms with Gasteiger partial charge in [-0.1, -0.05) is 166 Å². The van der Waals surface area contributed by atoms with Crippen LogP contribution in [0.15, 0.2) is 30.4 Å². The molecule has 163 valence electrons. The summed E-state index contributed by atoms with van der Waals surface area (Å²) in [4.78, 5) is 0. The summed E-state index contributed by atoms with van der Waals surface area (Å²) in [5.74, 6) is 0. The van der Waals surface area contributed by atoms with Gasteiger partial charge in [0.1, 0.15) is 0 Å². The third kappa shape index (κ3) is 25.2. The summed E-state index contributed by atoms with van der Waals surface area (Å²) < 4.78 is 0. The Balaban J connectivity index is 3.04. The summed E-state index contributed by atoms with van der Waals surface area (Å²) in [6.45, 7) is 7.58. The van der Waals surface area contributed by atoms with E-state index in [4.69, 9.17) is 6.58 Å². The van der Waals surface area contributed by atoms with Crippen molar-refractivity contribution in [3.8, 4) is 0 Å². The smallest absolute Gasteiger partial charge is 0.0348 e. The number of hydrogen-bond acceptors (Lipinski definition) is 0. The largest absolute Gasteiger partial charge is 0.0845 e. The minimum atomic E-state index is 1.20. The Kier molecular flexibility index (Phi) is 25.5. The normalized spacial score (nSPS) is 11.8. The third-order valence-electron chi connectivity index (χ3n) is 5.69. The first-order valence-corrected chi connectivity index (χ1v) is 12.8. The van der Waals surface area contributed by atoms with Gasteiger partial charge in [0.15, 0.2) is 0 Å². The Morgan fingerprint density at radius 3 is 1.14 bits per heavy atom. The molecule has 0 aliphatic carbocycles. The van der Waals surface area contributed by atoms with Gasteiger partial charge in [-0.25, -0.2) is 0 Å². The van der Waals surface area contributed by atoms with Crippen LogP contribution in [-0.2, 0) is 0 Å². The van der Waals surface area contributed by atoms with E-state index < -0.39 is 0 Å². The average molecular weight is 388 g/mol. The SMILES string of the molecule is [CH]=C/C=C/C=C/CCCCCCCCCCCCCCCCCCCCCC. The highest BCUT2D eigenvalue weighted by Gasteiger charge is 1.95. The minimum Gasteiger partial charge on any atom is -0.0845 e. The molecule has 0 aliphatic rings. The predicted octanol–water partition coefficient (Wildman–Crippen LogP) is 10.3. The first-order valence-electron chi connectivity index (χ1n) is 12.8. The van der Waals surface area contributed by atoms with E-state index in [2.05, 4.69) is 19.1 Å². The Bertz CT molecular complexity index is 336. The van der Waals surface area contributed by atoms with E-state index in [9.17, 15) is 0 Å². The molecule has 0 amide bonds. The number of unbranched alkanes of at least 4 members (excludes halogenated alkanes) is 20. The molecule has 0 nitrogen and oxygen atoms in total. The van der Waals surface area contributed by atoms with Crippen molar-refractivity contribution in [1.29, 1.82) is 0 Å². The van der Waals surface area contributed by atoms with Crippen molar-refractivity contribution in [3.63, 3.8) is 0 Å². The van der Waals surface area contributed by atoms with Gasteiger partial charge in [-0.2, -0.15) is 0 Å². The zero-order chi connectivity index (χ0) is 20.4. The summed E-state index contributed by atoms with van der Waals surface area (Å²) >= 11 is 0. The van der Waals surface area contributed by atoms with Crippen LogP contribution in [0.4, 0.5) is 0 Å². The molecule has 0 N–H and O–H groups in total. The van der Waals surface area contributed by atoms with Gasteiger partial charge >= 0.3 is 0 Å². The van der Waals surface area contributed by atoms with Gasteiger partial charge in [0.2, 0.25) is 0 Å². The Hall–Kier alpha value is -0.780. The van der Waals surface area contributed by atoms with E-state index in [1.54, 1.807) is 6.08 Å². The molecule has 1 radical (unpaired) electrons. The lowest BCUT2D eigenvalue weighted by Gasteiger charge is -2.04. The molecular formula is C28H51. The van der Waals surface area contributed by atoms with Gasteiger partial charge in [0.25, 0.3) is 0 Å². The topological polar surface area (TPSA) is 0 Å². The molecule has 0 saturated carbocycles. The molecule has 0 heteroatoms. The van der Waals surface area contributed by atoms with Gasteiger partial charge in [0.05, 0.1) is 0 Å². The zero-order valence-corrected chi connectivity index (χ0v) is 19.3. The molecular weight excluding hydrogens is 336 g/mol. The summed E-state index contributed by atoms with van der Waals surface area (Å²) in [5.41, 5.74) is 0. The van der Waals surface area contributed by atoms with Gasteiger partial charge in [-0.15, -0.1) is 0 Å². The van der Waals surface area contributed by atoms with E-state index in [1.807, 2.05) is 12.2 Å². The summed E-state index contributed by atoms with van der Waals surface area (Å²) in [5, 5.41) is 0. The molecule has 0 aromatic rings. The van der Waals surface area contributed by atoms with E-state index in [1.165, 1.54) is 135 Å². The van der Waals surface area contributed by atoms with E-state index in [-0.39, 0.29) is 0 Å². The van der Waals surface area contributed by atoms with Crippen molar-refractivity contribution in [2.45, 2.75) is 142 Å². The predicted molar refractivity (Wildman–Crippen MR) is 130 cm³/mol. The van der Waals surface area contributed by atoms with E-state index in [0.29, 0.717) is 0 Å². The quantitative estimate of drug-likeness (QED) is 0.121. The lowest BCUT2D eigenvalue weighted by molar-refractivity contribution is 0.522. The first-order chi connectivity index (χ1) is 13.9. The van der Waals surface area contributed by atoms with Gasteiger partial charge < -0.3 is 0 Å². The second-order valence-electron chi connectivity index (χ2n) is 8.51. The fourth-order valence-electron chi connectivity index (χ4n) is 3.82. The Labute approximate surface area is 179 Å². The van der Waals surface area contributed by atoms with Crippen molar-refractivity contribution in [3.05, 3.63) is 37.0 Å². The fourth-order valence-corrected chi connectivity index (χ4v) is 3.82. The van der Waals surface area contributed by atoms with Crippen molar-refractivity contribution in [1.82, 2.24) is 0 Å². The lowest BCUT2D eigenvalue weighted by Crippen LogP contribution is -1.84. The minimum absolute atomic E-state index is 1.20. The molecule has 0 rings (SSSR count). The van der Waals surface area contributed by atoms with E-state index >= 15 is 0 Å². The second-order valence-corrected chi connectivity index (χ2v) is 8.51. The van der Waals surface area contributed by atoms with Gasteiger partial charge in [0, 0.05) is 0 Å². The van der Waals surface area contributed by atoms with Crippen LogP contribution in [-0.4, -0.2) is 0 Å². The molecule has 28 heavy (non-hydrogen) atoms. The molecule has 0 atom stereocenters. The average Bonchev–Trinajstić information content (AvgIpc) is 2.71. The monoisotopic (exact) mass is 387 g/mol. The van der Waals surface area contributed by atoms with Crippen LogP contribution in [0.1, 0.15) is 142 Å². The molecule has 0 saturated heterocycles. The summed E-state index contributed by atoms with van der Waals surface area (Å²) in [6, 6.07) is 0. The second kappa shape index (κ2) is 26.2. The fraction of sp³-hybridized carbons (Fsp3) is 0.786. The highest BCUT2D eigenvalue weighted by Crippen LogP contribution is 2.15. The van der Waals surface area contributed by atoms with Crippen LogP contribution in [0.25, 0.3) is 0 Å². The molecule has 0 aliphatic heterocycles. The van der Waals surface area contributed by atoms with Crippen molar-refractivity contribution in [2.75, 3.05) is 0 Å². The van der Waals surface area contributed by atoms with Crippen LogP contribution in [0.3, 0.4) is 0 Å². The zero-order valence-electron chi connectivity index (χ0n) is 19.3. The van der Waals surface area contributed by atoms with Crippen molar-refractivity contribution < 1.29 is 0 Å². The maximum atomic E-state index is 5.28. The number of rotatable bonds is 23. The Morgan fingerprint density at radius 1 is 0.429 bits per heavy atom. The standard InChI is InChI=1S/C28H51/c1-3-5-7-9-11-13-15-17-19-21-23-25-27-28-26-24-22-20-18-16-14-12-10-8-6-4-2/h1,3,5,7,9,11H,4,6,8,10,12-28H2,2H3/b3-1?,7-5+,11-9+. The first kappa shape index (κ1) is 27.2. The van der Waals surface area contributed by atoms with Crippen LogP contribution < -0.4 is 0 Å². The van der Waals surface area contributed by atoms with Crippen LogP contribution >= 0.6 is 0 Å². The van der Waals surface area contributed by atoms with Gasteiger partial charge in [-0.3, -0.25) is 0 Å². The molecule has 0 heterocycles. The highest BCUT2D eigenvalue weighted by molar-refractivity contribution is 5.07. The number of hydrogen-bond donors (Lipinski definition) is 0. The molecule has 0 fully saturated rings. The lowest BCUT2D eigenvalue weighted by atomic mass is 10.0. The van der Waals surface area contributed by atoms with Crippen molar-refractivity contribution in [2.24, 2.45) is 0 Å². The molecule has 0 unspecified atom stereocenters. The third-order valence-corrected chi connectivity index (χ3v) is 5.69. The van der Waals surface area contributed by atoms with Crippen molar-refractivity contribution >= 4 is 0 Å². The molecule has 0 bridgehead atoms. The molecule has 0 aromatic heterocycles. The van der Waals surface area contributed by atoms with Gasteiger partial charge in [-0.05, 0) is 12.8 Å². The molecule has 0 aromatic carbocycles. The maximum Gasteiger partial charge on any atom is -0.0348 e. The van der Waals surface area contributed by atoms with E-state index in [0.717, 1.165) is 0 Å². The highest BCUT2D eigenvalue weighted by atomic mass is 14.0. The summed E-state index contributed by atoms with van der Waals surface area (Å²) in [6.07, 6.45) is 39.9. The maximum absolute atomic E-state index is 5.28. The molecule has 0 spiro atoms.